The third kappa shape index (κ3) is 3.56. The Morgan fingerprint density at radius 3 is 1.86 bits per heavy atom. The maximum atomic E-state index is 12.4. The predicted molar refractivity (Wildman–Crippen MR) is 90.8 cm³/mol. The quantitative estimate of drug-likeness (QED) is 0.567. The fraction of sp³-hybridized carbons (Fsp3) is 0.350. The van der Waals surface area contributed by atoms with Crippen LogP contribution in [0.25, 0.3) is 0 Å². The number of rotatable bonds is 2. The summed E-state index contributed by atoms with van der Waals surface area (Å²) in [5, 5.41) is 0. The second-order valence-electron chi connectivity index (χ2n) is 6.94. The van der Waals surface area contributed by atoms with Gasteiger partial charge in [0.05, 0.1) is 5.56 Å². The molecule has 0 unspecified atom stereocenters. The van der Waals surface area contributed by atoms with Crippen molar-refractivity contribution in [3.05, 3.63) is 64.2 Å². The molecule has 2 nitrogen and oxygen atoms in total. The molecule has 2 heteroatoms. The summed E-state index contributed by atoms with van der Waals surface area (Å²) >= 11 is 0. The summed E-state index contributed by atoms with van der Waals surface area (Å²) in [7, 11) is 0. The van der Waals surface area contributed by atoms with Crippen molar-refractivity contribution >= 4 is 5.97 Å². The van der Waals surface area contributed by atoms with Gasteiger partial charge >= 0.3 is 5.97 Å². The van der Waals surface area contributed by atoms with E-state index in [1.165, 1.54) is 5.56 Å². The summed E-state index contributed by atoms with van der Waals surface area (Å²) in [6.45, 7) is 12.4. The third-order valence-corrected chi connectivity index (χ3v) is 3.81. The molecule has 2 rings (SSSR count). The number of carbonyl (C=O) groups is 1. The van der Waals surface area contributed by atoms with Crippen molar-refractivity contribution in [3.8, 4) is 5.75 Å². The van der Waals surface area contributed by atoms with Gasteiger partial charge in [-0.1, -0.05) is 50.6 Å². The highest BCUT2D eigenvalue weighted by Crippen LogP contribution is 2.25. The van der Waals surface area contributed by atoms with Gasteiger partial charge in [0.15, 0.2) is 0 Å². The minimum absolute atomic E-state index is 0.0900. The Bertz CT molecular complexity index is 666. The van der Waals surface area contributed by atoms with Gasteiger partial charge in [0.1, 0.15) is 5.75 Å². The standard InChI is InChI=1S/C20H24O2/c1-13-11-14(2)18(15(3)12-13)19(21)22-17-9-7-16(8-10-17)20(4,5)6/h7-12H,1-6H3. The average Bonchev–Trinajstić information content (AvgIpc) is 2.36. The third-order valence-electron chi connectivity index (χ3n) is 3.81. The highest BCUT2D eigenvalue weighted by atomic mass is 16.5. The van der Waals surface area contributed by atoms with Gasteiger partial charge in [0.2, 0.25) is 0 Å². The predicted octanol–water partition coefficient (Wildman–Crippen LogP) is 5.13. The molecule has 0 fully saturated rings. The fourth-order valence-electron chi connectivity index (χ4n) is 2.68. The Kier molecular flexibility index (Phi) is 4.41. The number of carbonyl (C=O) groups excluding carboxylic acids is 1. The molecule has 116 valence electrons. The van der Waals surface area contributed by atoms with Crippen LogP contribution in [0.2, 0.25) is 0 Å². The Morgan fingerprint density at radius 2 is 1.41 bits per heavy atom. The first kappa shape index (κ1) is 16.3. The molecule has 0 bridgehead atoms. The van der Waals surface area contributed by atoms with Gasteiger partial charge in [0, 0.05) is 0 Å². The normalized spacial score (nSPS) is 11.4. The van der Waals surface area contributed by atoms with Crippen LogP contribution in [0.3, 0.4) is 0 Å². The van der Waals surface area contributed by atoms with E-state index in [-0.39, 0.29) is 11.4 Å². The highest BCUT2D eigenvalue weighted by molar-refractivity contribution is 5.94. The minimum Gasteiger partial charge on any atom is -0.423 e. The number of benzene rings is 2. The molecule has 2 aromatic rings. The molecule has 0 amide bonds. The summed E-state index contributed by atoms with van der Waals surface area (Å²) in [5.41, 5.74) is 5.02. The summed E-state index contributed by atoms with van der Waals surface area (Å²) in [6.07, 6.45) is 0. The fourth-order valence-corrected chi connectivity index (χ4v) is 2.68. The van der Waals surface area contributed by atoms with Crippen molar-refractivity contribution < 1.29 is 9.53 Å². The van der Waals surface area contributed by atoms with E-state index in [9.17, 15) is 4.79 Å². The monoisotopic (exact) mass is 296 g/mol. The van der Waals surface area contributed by atoms with E-state index in [2.05, 4.69) is 20.8 Å². The SMILES string of the molecule is Cc1cc(C)c(C(=O)Oc2ccc(C(C)(C)C)cc2)c(C)c1. The second kappa shape index (κ2) is 5.96. The van der Waals surface area contributed by atoms with Gasteiger partial charge in [-0.15, -0.1) is 0 Å². The average molecular weight is 296 g/mol. The van der Waals surface area contributed by atoms with E-state index in [1.807, 2.05) is 57.2 Å². The van der Waals surface area contributed by atoms with Crippen LogP contribution < -0.4 is 4.74 Å². The molecule has 0 aliphatic rings. The first-order valence-corrected chi connectivity index (χ1v) is 7.59. The zero-order valence-corrected chi connectivity index (χ0v) is 14.3. The summed E-state index contributed by atoms with van der Waals surface area (Å²) in [6, 6.07) is 11.8. The molecule has 0 aliphatic heterocycles. The number of aryl methyl sites for hydroxylation is 3. The lowest BCUT2D eigenvalue weighted by Gasteiger charge is -2.19. The van der Waals surface area contributed by atoms with E-state index < -0.39 is 0 Å². The van der Waals surface area contributed by atoms with E-state index >= 15 is 0 Å². The number of ether oxygens (including phenoxy) is 1. The van der Waals surface area contributed by atoms with E-state index in [0.717, 1.165) is 16.7 Å². The zero-order chi connectivity index (χ0) is 16.5. The molecule has 0 aliphatic carbocycles. The van der Waals surface area contributed by atoms with Crippen molar-refractivity contribution in [3.63, 3.8) is 0 Å². The maximum Gasteiger partial charge on any atom is 0.344 e. The first-order valence-electron chi connectivity index (χ1n) is 7.59. The number of hydrogen-bond donors (Lipinski definition) is 0. The molecular weight excluding hydrogens is 272 g/mol. The highest BCUT2D eigenvalue weighted by Gasteiger charge is 2.16. The lowest BCUT2D eigenvalue weighted by atomic mass is 9.87. The van der Waals surface area contributed by atoms with Gasteiger partial charge in [0.25, 0.3) is 0 Å². The van der Waals surface area contributed by atoms with Gasteiger partial charge in [-0.05, 0) is 55.0 Å². The molecule has 0 atom stereocenters. The smallest absolute Gasteiger partial charge is 0.344 e. The van der Waals surface area contributed by atoms with E-state index in [0.29, 0.717) is 11.3 Å². The van der Waals surface area contributed by atoms with Crippen LogP contribution in [-0.4, -0.2) is 5.97 Å². The molecule has 0 N–H and O–H groups in total. The Labute approximate surface area is 133 Å². The van der Waals surface area contributed by atoms with Crippen LogP contribution in [0.1, 0.15) is 53.4 Å². The largest absolute Gasteiger partial charge is 0.423 e. The molecule has 0 saturated heterocycles. The van der Waals surface area contributed by atoms with Gasteiger partial charge in [-0.25, -0.2) is 4.79 Å². The first-order chi connectivity index (χ1) is 10.2. The van der Waals surface area contributed by atoms with E-state index in [1.54, 1.807) is 0 Å². The Balaban J connectivity index is 2.23. The molecule has 0 aromatic heterocycles. The van der Waals surface area contributed by atoms with Gasteiger partial charge in [-0.3, -0.25) is 0 Å². The zero-order valence-electron chi connectivity index (χ0n) is 14.3. The maximum absolute atomic E-state index is 12.4. The molecule has 22 heavy (non-hydrogen) atoms. The Hall–Kier alpha value is -2.09. The van der Waals surface area contributed by atoms with Crippen molar-refractivity contribution in [2.75, 3.05) is 0 Å². The van der Waals surface area contributed by atoms with Crippen LogP contribution in [0.4, 0.5) is 0 Å². The van der Waals surface area contributed by atoms with Crippen LogP contribution in [0.15, 0.2) is 36.4 Å². The summed E-state index contributed by atoms with van der Waals surface area (Å²) in [4.78, 5) is 12.4. The molecule has 0 heterocycles. The van der Waals surface area contributed by atoms with Crippen molar-refractivity contribution in [1.82, 2.24) is 0 Å². The molecule has 0 spiro atoms. The Morgan fingerprint density at radius 1 is 0.909 bits per heavy atom. The van der Waals surface area contributed by atoms with Crippen LogP contribution in [-0.2, 0) is 5.41 Å². The molecular formula is C20H24O2. The number of hydrogen-bond acceptors (Lipinski definition) is 2. The van der Waals surface area contributed by atoms with Crippen molar-refractivity contribution in [2.24, 2.45) is 0 Å². The topological polar surface area (TPSA) is 26.3 Å². The van der Waals surface area contributed by atoms with Crippen molar-refractivity contribution in [2.45, 2.75) is 47.0 Å². The summed E-state index contributed by atoms with van der Waals surface area (Å²) in [5.74, 6) is 0.288. The van der Waals surface area contributed by atoms with Crippen LogP contribution in [0, 0.1) is 20.8 Å². The second-order valence-corrected chi connectivity index (χ2v) is 6.94. The van der Waals surface area contributed by atoms with Crippen molar-refractivity contribution in [1.29, 1.82) is 0 Å². The molecule has 0 radical (unpaired) electrons. The summed E-state index contributed by atoms with van der Waals surface area (Å²) < 4.78 is 5.53. The molecule has 0 saturated carbocycles. The minimum atomic E-state index is -0.293. The van der Waals surface area contributed by atoms with E-state index in [4.69, 9.17) is 4.74 Å². The number of esters is 1. The van der Waals surface area contributed by atoms with Crippen LogP contribution >= 0.6 is 0 Å². The van der Waals surface area contributed by atoms with Gasteiger partial charge < -0.3 is 4.74 Å². The lowest BCUT2D eigenvalue weighted by molar-refractivity contribution is 0.0733. The van der Waals surface area contributed by atoms with Crippen LogP contribution in [0.5, 0.6) is 5.75 Å². The lowest BCUT2D eigenvalue weighted by Crippen LogP contribution is -2.13. The van der Waals surface area contributed by atoms with Gasteiger partial charge in [-0.2, -0.15) is 0 Å². The molecule has 2 aromatic carbocycles.